The Morgan fingerprint density at radius 1 is 1.41 bits per heavy atom. The number of ether oxygens (including phenoxy) is 1. The average molecular weight is 300 g/mol. The third-order valence-corrected chi connectivity index (χ3v) is 3.88. The van der Waals surface area contributed by atoms with Gasteiger partial charge in [0.25, 0.3) is 5.91 Å². The molecule has 1 atom stereocenters. The quantitative estimate of drug-likeness (QED) is 0.943. The van der Waals surface area contributed by atoms with Crippen molar-refractivity contribution in [2.75, 3.05) is 13.2 Å². The molecular formula is C17H20N2O3. The molecule has 0 bridgehead atoms. The number of hydrogen-bond acceptors (Lipinski definition) is 4. The molecule has 0 aliphatic carbocycles. The molecule has 0 unspecified atom stereocenters. The maximum Gasteiger partial charge on any atom is 0.290 e. The van der Waals surface area contributed by atoms with E-state index < -0.39 is 0 Å². The predicted octanol–water partition coefficient (Wildman–Crippen LogP) is 2.84. The van der Waals surface area contributed by atoms with Crippen LogP contribution in [-0.2, 0) is 11.2 Å². The Morgan fingerprint density at radius 2 is 2.23 bits per heavy atom. The highest BCUT2D eigenvalue weighted by Crippen LogP contribution is 2.26. The molecule has 0 fully saturated rings. The second-order valence-corrected chi connectivity index (χ2v) is 5.79. The van der Waals surface area contributed by atoms with E-state index in [9.17, 15) is 4.79 Å². The van der Waals surface area contributed by atoms with Crippen molar-refractivity contribution in [2.45, 2.75) is 32.3 Å². The zero-order chi connectivity index (χ0) is 15.5. The van der Waals surface area contributed by atoms with E-state index in [4.69, 9.17) is 9.26 Å². The summed E-state index contributed by atoms with van der Waals surface area (Å²) in [4.78, 5) is 12.1. The van der Waals surface area contributed by atoms with E-state index in [0.29, 0.717) is 13.2 Å². The van der Waals surface area contributed by atoms with E-state index in [-0.39, 0.29) is 23.7 Å². The summed E-state index contributed by atoms with van der Waals surface area (Å²) in [5.74, 6) is 0.220. The number of carbonyl (C=O) groups excluding carboxylic acids is 1. The normalized spacial score (nSPS) is 17.3. The summed E-state index contributed by atoms with van der Waals surface area (Å²) in [5, 5.41) is 6.76. The van der Waals surface area contributed by atoms with Gasteiger partial charge in [-0.1, -0.05) is 43.3 Å². The predicted molar refractivity (Wildman–Crippen MR) is 81.8 cm³/mol. The van der Waals surface area contributed by atoms with Crippen LogP contribution in [0.3, 0.4) is 0 Å². The molecule has 116 valence electrons. The zero-order valence-corrected chi connectivity index (χ0v) is 12.8. The van der Waals surface area contributed by atoms with Gasteiger partial charge in [-0.2, -0.15) is 0 Å². The Balaban J connectivity index is 1.64. The minimum atomic E-state index is -0.258. The summed E-state index contributed by atoms with van der Waals surface area (Å²) in [5.41, 5.74) is 3.22. The average Bonchev–Trinajstić information content (AvgIpc) is 3.03. The first-order chi connectivity index (χ1) is 10.6. The molecule has 1 aromatic heterocycles. The molecule has 1 aliphatic heterocycles. The molecule has 22 heavy (non-hydrogen) atoms. The van der Waals surface area contributed by atoms with Gasteiger partial charge in [0, 0.05) is 12.6 Å². The summed E-state index contributed by atoms with van der Waals surface area (Å²) in [6.07, 6.45) is 0.807. The fourth-order valence-corrected chi connectivity index (χ4v) is 2.59. The van der Waals surface area contributed by atoms with Crippen molar-refractivity contribution < 1.29 is 14.1 Å². The number of hydrogen-bond donors (Lipinski definition) is 1. The van der Waals surface area contributed by atoms with Gasteiger partial charge in [-0.05, 0) is 23.5 Å². The monoisotopic (exact) mass is 300 g/mol. The molecule has 2 aromatic rings. The van der Waals surface area contributed by atoms with Gasteiger partial charge in [0.15, 0.2) is 0 Å². The molecule has 1 amide bonds. The van der Waals surface area contributed by atoms with Crippen LogP contribution in [0.15, 0.2) is 34.9 Å². The van der Waals surface area contributed by atoms with Gasteiger partial charge in [0.1, 0.15) is 6.10 Å². The van der Waals surface area contributed by atoms with E-state index in [0.717, 1.165) is 17.7 Å². The number of rotatable bonds is 4. The van der Waals surface area contributed by atoms with E-state index in [2.05, 4.69) is 22.6 Å². The molecule has 1 aliphatic rings. The number of amides is 1. The lowest BCUT2D eigenvalue weighted by atomic mass is 9.97. The Hall–Kier alpha value is -2.14. The Bertz CT molecular complexity index is 663. The van der Waals surface area contributed by atoms with E-state index >= 15 is 0 Å². The first-order valence-electron chi connectivity index (χ1n) is 7.59. The SMILES string of the molecule is CC(C)c1cc(C(=O)NC[C@@H]2OCCc3ccccc32)on1. The second kappa shape index (κ2) is 6.32. The summed E-state index contributed by atoms with van der Waals surface area (Å²) < 4.78 is 10.9. The number of benzene rings is 1. The van der Waals surface area contributed by atoms with Crippen molar-refractivity contribution in [1.82, 2.24) is 10.5 Å². The summed E-state index contributed by atoms with van der Waals surface area (Å²) >= 11 is 0. The van der Waals surface area contributed by atoms with Crippen LogP contribution in [0.5, 0.6) is 0 Å². The van der Waals surface area contributed by atoms with E-state index in [1.807, 2.05) is 26.0 Å². The topological polar surface area (TPSA) is 64.4 Å². The van der Waals surface area contributed by atoms with Crippen LogP contribution in [0.1, 0.15) is 53.2 Å². The fourth-order valence-electron chi connectivity index (χ4n) is 2.59. The number of nitrogens with one attached hydrogen (secondary N) is 1. The highest BCUT2D eigenvalue weighted by Gasteiger charge is 2.22. The smallest absolute Gasteiger partial charge is 0.290 e. The molecule has 2 heterocycles. The Kier molecular flexibility index (Phi) is 4.24. The maximum atomic E-state index is 12.1. The highest BCUT2D eigenvalue weighted by atomic mass is 16.5. The standard InChI is InChI=1S/C17H20N2O3/c1-11(2)14-9-15(22-19-14)17(20)18-10-16-13-6-4-3-5-12(13)7-8-21-16/h3-6,9,11,16H,7-8,10H2,1-2H3,(H,18,20)/t16-/m0/s1. The highest BCUT2D eigenvalue weighted by molar-refractivity contribution is 5.91. The number of carbonyl (C=O) groups is 1. The van der Waals surface area contributed by atoms with E-state index in [1.54, 1.807) is 6.07 Å². The van der Waals surface area contributed by atoms with Crippen LogP contribution in [0.25, 0.3) is 0 Å². The van der Waals surface area contributed by atoms with Gasteiger partial charge in [-0.25, -0.2) is 0 Å². The molecule has 0 spiro atoms. The van der Waals surface area contributed by atoms with Crippen LogP contribution < -0.4 is 5.32 Å². The summed E-state index contributed by atoms with van der Waals surface area (Å²) in [6.45, 7) is 5.11. The van der Waals surface area contributed by atoms with Gasteiger partial charge < -0.3 is 14.6 Å². The number of aromatic nitrogens is 1. The minimum absolute atomic E-state index is 0.110. The van der Waals surface area contributed by atoms with Crippen molar-refractivity contribution >= 4 is 5.91 Å². The van der Waals surface area contributed by atoms with Crippen molar-refractivity contribution in [3.63, 3.8) is 0 Å². The molecule has 1 aromatic carbocycles. The molecule has 0 saturated carbocycles. The lowest BCUT2D eigenvalue weighted by molar-refractivity contribution is 0.0406. The first-order valence-corrected chi connectivity index (χ1v) is 7.59. The molecule has 5 nitrogen and oxygen atoms in total. The van der Waals surface area contributed by atoms with Crippen molar-refractivity contribution in [1.29, 1.82) is 0 Å². The minimum Gasteiger partial charge on any atom is -0.371 e. The summed E-state index contributed by atoms with van der Waals surface area (Å²) in [7, 11) is 0. The van der Waals surface area contributed by atoms with E-state index in [1.165, 1.54) is 5.56 Å². The van der Waals surface area contributed by atoms with Gasteiger partial charge >= 0.3 is 0 Å². The second-order valence-electron chi connectivity index (χ2n) is 5.79. The van der Waals surface area contributed by atoms with Crippen LogP contribution in [0.4, 0.5) is 0 Å². The van der Waals surface area contributed by atoms with Crippen molar-refractivity contribution in [3.8, 4) is 0 Å². The number of fused-ring (bicyclic) bond motifs is 1. The molecule has 0 radical (unpaired) electrons. The maximum absolute atomic E-state index is 12.1. The Morgan fingerprint density at radius 3 is 3.00 bits per heavy atom. The van der Waals surface area contributed by atoms with Gasteiger partial charge in [0.05, 0.1) is 12.3 Å². The molecule has 5 heteroatoms. The summed E-state index contributed by atoms with van der Waals surface area (Å²) in [6, 6.07) is 9.87. The van der Waals surface area contributed by atoms with Gasteiger partial charge in [-0.3, -0.25) is 4.79 Å². The first kappa shape index (κ1) is 14.8. The molecule has 0 saturated heterocycles. The van der Waals surface area contributed by atoms with Gasteiger partial charge in [-0.15, -0.1) is 0 Å². The third-order valence-electron chi connectivity index (χ3n) is 3.88. The Labute approximate surface area is 129 Å². The fraction of sp³-hybridized carbons (Fsp3) is 0.412. The van der Waals surface area contributed by atoms with Crippen molar-refractivity contribution in [3.05, 3.63) is 52.9 Å². The molecule has 1 N–H and O–H groups in total. The third kappa shape index (κ3) is 3.04. The van der Waals surface area contributed by atoms with Crippen LogP contribution in [-0.4, -0.2) is 24.2 Å². The van der Waals surface area contributed by atoms with Gasteiger partial charge in [0.2, 0.25) is 5.76 Å². The van der Waals surface area contributed by atoms with Crippen LogP contribution in [0, 0.1) is 0 Å². The molecular weight excluding hydrogens is 280 g/mol. The lowest BCUT2D eigenvalue weighted by Crippen LogP contribution is -2.31. The molecule has 3 rings (SSSR count). The zero-order valence-electron chi connectivity index (χ0n) is 12.8. The number of nitrogens with zero attached hydrogens (tertiary/aromatic N) is 1. The van der Waals surface area contributed by atoms with Crippen molar-refractivity contribution in [2.24, 2.45) is 0 Å². The van der Waals surface area contributed by atoms with Crippen LogP contribution in [0.2, 0.25) is 0 Å². The van der Waals surface area contributed by atoms with Crippen LogP contribution >= 0.6 is 0 Å². The lowest BCUT2D eigenvalue weighted by Gasteiger charge is -2.26. The largest absolute Gasteiger partial charge is 0.371 e.